The smallest absolute Gasteiger partial charge is 0.257 e. The Morgan fingerprint density at radius 3 is 2.34 bits per heavy atom. The van der Waals surface area contributed by atoms with Crippen LogP contribution in [0, 0.1) is 0 Å². The Morgan fingerprint density at radius 2 is 1.72 bits per heavy atom. The Morgan fingerprint density at radius 1 is 1.06 bits per heavy atom. The number of rotatable bonds is 7. The van der Waals surface area contributed by atoms with Gasteiger partial charge in [-0.15, -0.1) is 11.3 Å². The monoisotopic (exact) mass is 471 g/mol. The molecule has 1 aliphatic heterocycles. The number of carbonyl (C=O) groups excluding carboxylic acids is 1. The van der Waals surface area contributed by atoms with Crippen molar-refractivity contribution in [3.8, 4) is 17.0 Å². The SMILES string of the molecule is CC(C)Oc1ccc(C(=O)Nc2nc(-c3ccc(S(=O)(=O)N4CCCC4)cc3)cs2)cc1. The minimum absolute atomic E-state index is 0.0674. The fourth-order valence-electron chi connectivity index (χ4n) is 3.47. The van der Waals surface area contributed by atoms with E-state index in [1.54, 1.807) is 48.5 Å². The van der Waals surface area contributed by atoms with Gasteiger partial charge in [-0.05, 0) is 63.1 Å². The van der Waals surface area contributed by atoms with Crippen LogP contribution >= 0.6 is 11.3 Å². The van der Waals surface area contributed by atoms with E-state index in [9.17, 15) is 13.2 Å². The van der Waals surface area contributed by atoms with E-state index in [2.05, 4.69) is 10.3 Å². The minimum Gasteiger partial charge on any atom is -0.491 e. The summed E-state index contributed by atoms with van der Waals surface area (Å²) >= 11 is 1.31. The third-order valence-corrected chi connectivity index (χ3v) is 7.74. The van der Waals surface area contributed by atoms with E-state index < -0.39 is 10.0 Å². The standard InChI is InChI=1S/C23H25N3O4S2/c1-16(2)30-19-9-5-18(6-10-19)22(27)25-23-24-21(15-31-23)17-7-11-20(12-8-17)32(28,29)26-13-3-4-14-26/h5-12,15-16H,3-4,13-14H2,1-2H3,(H,24,25,27). The van der Waals surface area contributed by atoms with Gasteiger partial charge in [-0.2, -0.15) is 4.31 Å². The Hall–Kier alpha value is -2.75. The summed E-state index contributed by atoms with van der Waals surface area (Å²) in [6, 6.07) is 13.7. The number of nitrogens with zero attached hydrogens (tertiary/aromatic N) is 2. The molecule has 0 spiro atoms. The summed E-state index contributed by atoms with van der Waals surface area (Å²) in [6.07, 6.45) is 1.87. The maximum absolute atomic E-state index is 12.7. The molecule has 2 heterocycles. The lowest BCUT2D eigenvalue weighted by atomic mass is 10.2. The molecule has 3 aromatic rings. The molecule has 0 aliphatic carbocycles. The highest BCUT2D eigenvalue weighted by Gasteiger charge is 2.27. The first kappa shape index (κ1) is 22.4. The van der Waals surface area contributed by atoms with Gasteiger partial charge in [0.15, 0.2) is 5.13 Å². The number of aromatic nitrogens is 1. The molecule has 0 atom stereocenters. The highest BCUT2D eigenvalue weighted by molar-refractivity contribution is 7.89. The van der Waals surface area contributed by atoms with Gasteiger partial charge in [-0.1, -0.05) is 12.1 Å². The topological polar surface area (TPSA) is 88.6 Å². The van der Waals surface area contributed by atoms with Gasteiger partial charge in [-0.3, -0.25) is 10.1 Å². The van der Waals surface area contributed by atoms with E-state index in [-0.39, 0.29) is 16.9 Å². The number of nitrogens with one attached hydrogen (secondary N) is 1. The van der Waals surface area contributed by atoms with Gasteiger partial charge in [0.05, 0.1) is 16.7 Å². The van der Waals surface area contributed by atoms with Crippen LogP contribution in [0.15, 0.2) is 58.8 Å². The molecule has 1 saturated heterocycles. The Labute approximate surface area is 192 Å². The van der Waals surface area contributed by atoms with Gasteiger partial charge in [0.25, 0.3) is 5.91 Å². The largest absolute Gasteiger partial charge is 0.491 e. The number of anilines is 1. The van der Waals surface area contributed by atoms with Gasteiger partial charge >= 0.3 is 0 Å². The van der Waals surface area contributed by atoms with Crippen molar-refractivity contribution in [3.63, 3.8) is 0 Å². The molecule has 4 rings (SSSR count). The Bertz CT molecular complexity index is 1180. The summed E-state index contributed by atoms with van der Waals surface area (Å²) < 4.78 is 32.5. The van der Waals surface area contributed by atoms with Crippen LogP contribution in [0.3, 0.4) is 0 Å². The van der Waals surface area contributed by atoms with Gasteiger partial charge in [0, 0.05) is 29.6 Å². The molecule has 0 unspecified atom stereocenters. The lowest BCUT2D eigenvalue weighted by molar-refractivity contribution is 0.102. The maximum Gasteiger partial charge on any atom is 0.257 e. The minimum atomic E-state index is -3.44. The van der Waals surface area contributed by atoms with Crippen molar-refractivity contribution in [1.82, 2.24) is 9.29 Å². The van der Waals surface area contributed by atoms with Crippen molar-refractivity contribution in [2.45, 2.75) is 37.7 Å². The van der Waals surface area contributed by atoms with Crippen LogP contribution in [-0.4, -0.2) is 42.8 Å². The molecule has 168 valence electrons. The Balaban J connectivity index is 1.43. The maximum atomic E-state index is 12.7. The van der Waals surface area contributed by atoms with Gasteiger partial charge in [0.1, 0.15) is 5.75 Å². The molecular weight excluding hydrogens is 446 g/mol. The van der Waals surface area contributed by atoms with E-state index in [0.717, 1.165) is 18.4 Å². The first-order valence-electron chi connectivity index (χ1n) is 10.5. The number of sulfonamides is 1. The molecule has 0 radical (unpaired) electrons. The van der Waals surface area contributed by atoms with Gasteiger partial charge in [-0.25, -0.2) is 13.4 Å². The van der Waals surface area contributed by atoms with Crippen molar-refractivity contribution in [1.29, 1.82) is 0 Å². The molecule has 7 nitrogen and oxygen atoms in total. The third kappa shape index (κ3) is 5.01. The fourth-order valence-corrected chi connectivity index (χ4v) is 5.70. The van der Waals surface area contributed by atoms with Crippen molar-refractivity contribution >= 4 is 32.4 Å². The molecule has 0 bridgehead atoms. The highest BCUT2D eigenvalue weighted by Crippen LogP contribution is 2.28. The zero-order chi connectivity index (χ0) is 22.7. The predicted molar refractivity (Wildman–Crippen MR) is 126 cm³/mol. The first-order valence-corrected chi connectivity index (χ1v) is 12.8. The quantitative estimate of drug-likeness (QED) is 0.543. The zero-order valence-corrected chi connectivity index (χ0v) is 19.6. The number of hydrogen-bond acceptors (Lipinski definition) is 6. The van der Waals surface area contributed by atoms with Crippen LogP contribution in [-0.2, 0) is 10.0 Å². The summed E-state index contributed by atoms with van der Waals surface area (Å²) in [5.41, 5.74) is 1.97. The van der Waals surface area contributed by atoms with Gasteiger partial charge < -0.3 is 4.74 Å². The number of benzene rings is 2. The average Bonchev–Trinajstić information content (AvgIpc) is 3.47. The molecule has 9 heteroatoms. The molecule has 2 aromatic carbocycles. The van der Waals surface area contributed by atoms with Crippen LogP contribution in [0.2, 0.25) is 0 Å². The van der Waals surface area contributed by atoms with E-state index in [1.807, 2.05) is 19.2 Å². The van der Waals surface area contributed by atoms with E-state index in [1.165, 1.54) is 15.6 Å². The second kappa shape index (κ2) is 9.40. The third-order valence-electron chi connectivity index (χ3n) is 5.07. The summed E-state index contributed by atoms with van der Waals surface area (Å²) in [6.45, 7) is 5.04. The molecule has 1 aromatic heterocycles. The van der Waals surface area contributed by atoms with Crippen molar-refractivity contribution in [2.75, 3.05) is 18.4 Å². The van der Waals surface area contributed by atoms with E-state index in [4.69, 9.17) is 4.74 Å². The van der Waals surface area contributed by atoms with Crippen molar-refractivity contribution < 1.29 is 17.9 Å². The summed E-state index contributed by atoms with van der Waals surface area (Å²) in [7, 11) is -3.44. The van der Waals surface area contributed by atoms with Crippen LogP contribution in [0.1, 0.15) is 37.0 Å². The average molecular weight is 472 g/mol. The summed E-state index contributed by atoms with van der Waals surface area (Å²) in [5.74, 6) is 0.456. The summed E-state index contributed by atoms with van der Waals surface area (Å²) in [4.78, 5) is 17.3. The molecular formula is C23H25N3O4S2. The van der Waals surface area contributed by atoms with E-state index >= 15 is 0 Å². The molecule has 0 saturated carbocycles. The Kier molecular flexibility index (Phi) is 6.59. The number of amides is 1. The van der Waals surface area contributed by atoms with Crippen LogP contribution in [0.5, 0.6) is 5.75 Å². The van der Waals surface area contributed by atoms with Crippen LogP contribution in [0.4, 0.5) is 5.13 Å². The molecule has 1 amide bonds. The first-order chi connectivity index (χ1) is 15.3. The predicted octanol–water partition coefficient (Wildman–Crippen LogP) is 4.63. The summed E-state index contributed by atoms with van der Waals surface area (Å²) in [5, 5.41) is 5.11. The van der Waals surface area contributed by atoms with Crippen molar-refractivity contribution in [3.05, 3.63) is 59.5 Å². The highest BCUT2D eigenvalue weighted by atomic mass is 32.2. The molecule has 1 aliphatic rings. The van der Waals surface area contributed by atoms with Gasteiger partial charge in [0.2, 0.25) is 10.0 Å². The number of thiazole rings is 1. The van der Waals surface area contributed by atoms with Crippen LogP contribution in [0.25, 0.3) is 11.3 Å². The number of ether oxygens (including phenoxy) is 1. The molecule has 1 N–H and O–H groups in total. The van der Waals surface area contributed by atoms with E-state index in [0.29, 0.717) is 35.2 Å². The lowest BCUT2D eigenvalue weighted by Gasteiger charge is -2.15. The lowest BCUT2D eigenvalue weighted by Crippen LogP contribution is -2.27. The second-order valence-electron chi connectivity index (χ2n) is 7.82. The van der Waals surface area contributed by atoms with Crippen molar-refractivity contribution in [2.24, 2.45) is 0 Å². The molecule has 1 fully saturated rings. The normalized spacial score (nSPS) is 14.6. The van der Waals surface area contributed by atoms with Crippen LogP contribution < -0.4 is 10.1 Å². The zero-order valence-electron chi connectivity index (χ0n) is 17.9. The fraction of sp³-hybridized carbons (Fsp3) is 0.304. The number of hydrogen-bond donors (Lipinski definition) is 1. The second-order valence-corrected chi connectivity index (χ2v) is 10.6. The number of carbonyl (C=O) groups is 1. The molecule has 32 heavy (non-hydrogen) atoms.